The number of pyridine rings is 1. The van der Waals surface area contributed by atoms with E-state index in [1.54, 1.807) is 19.4 Å². The number of aryl methyl sites for hydroxylation is 2. The van der Waals surface area contributed by atoms with E-state index in [0.717, 1.165) is 22.2 Å². The molecule has 0 fully saturated rings. The van der Waals surface area contributed by atoms with Gasteiger partial charge < -0.3 is 5.32 Å². The van der Waals surface area contributed by atoms with Crippen molar-refractivity contribution in [1.29, 1.82) is 0 Å². The van der Waals surface area contributed by atoms with Crippen molar-refractivity contribution < 1.29 is 0 Å². The first-order chi connectivity index (χ1) is 11.1. The third-order valence-electron chi connectivity index (χ3n) is 3.86. The highest BCUT2D eigenvalue weighted by Crippen LogP contribution is 2.24. The van der Waals surface area contributed by atoms with Crippen LogP contribution in [0.4, 0.5) is 11.6 Å². The number of H-pyrrole nitrogens is 1. The van der Waals surface area contributed by atoms with Crippen LogP contribution in [0.25, 0.3) is 22.1 Å². The molecule has 0 aliphatic carbocycles. The molecule has 0 unspecified atom stereocenters. The molecule has 7 nitrogen and oxygen atoms in total. The minimum Gasteiger partial charge on any atom is -0.324 e. The minimum atomic E-state index is -0.209. The van der Waals surface area contributed by atoms with E-state index >= 15 is 0 Å². The van der Waals surface area contributed by atoms with Gasteiger partial charge in [0.2, 0.25) is 5.95 Å². The normalized spacial score (nSPS) is 11.2. The van der Waals surface area contributed by atoms with Crippen LogP contribution >= 0.6 is 0 Å². The molecule has 0 atom stereocenters. The van der Waals surface area contributed by atoms with E-state index in [1.165, 1.54) is 4.57 Å². The van der Waals surface area contributed by atoms with Gasteiger partial charge in [0.25, 0.3) is 0 Å². The Balaban J connectivity index is 1.78. The molecular weight excluding hydrogens is 292 g/mol. The lowest BCUT2D eigenvalue weighted by Crippen LogP contribution is -2.11. The molecular formula is C16H14N6O. The van der Waals surface area contributed by atoms with Crippen LogP contribution in [0.15, 0.2) is 41.5 Å². The van der Waals surface area contributed by atoms with Crippen molar-refractivity contribution in [3.05, 3.63) is 52.7 Å². The van der Waals surface area contributed by atoms with Crippen LogP contribution < -0.4 is 11.0 Å². The van der Waals surface area contributed by atoms with Crippen molar-refractivity contribution >= 4 is 33.7 Å². The summed E-state index contributed by atoms with van der Waals surface area (Å²) in [7, 11) is 1.68. The van der Waals surface area contributed by atoms with E-state index in [-0.39, 0.29) is 5.69 Å². The van der Waals surface area contributed by atoms with Gasteiger partial charge in [0.1, 0.15) is 5.52 Å². The van der Waals surface area contributed by atoms with Crippen LogP contribution in [0.2, 0.25) is 0 Å². The van der Waals surface area contributed by atoms with Gasteiger partial charge in [0.05, 0.1) is 11.7 Å². The van der Waals surface area contributed by atoms with E-state index in [9.17, 15) is 4.79 Å². The molecule has 4 rings (SSSR count). The number of anilines is 2. The van der Waals surface area contributed by atoms with E-state index in [2.05, 4.69) is 25.3 Å². The third kappa shape index (κ3) is 2.22. The Bertz CT molecular complexity index is 1090. The molecule has 4 aromatic rings. The number of nitrogens with zero attached hydrogens (tertiary/aromatic N) is 4. The first-order valence-corrected chi connectivity index (χ1v) is 7.16. The van der Waals surface area contributed by atoms with Crippen molar-refractivity contribution in [2.45, 2.75) is 6.92 Å². The third-order valence-corrected chi connectivity index (χ3v) is 3.86. The first-order valence-electron chi connectivity index (χ1n) is 7.16. The minimum absolute atomic E-state index is 0.209. The van der Waals surface area contributed by atoms with Crippen molar-refractivity contribution in [3.63, 3.8) is 0 Å². The van der Waals surface area contributed by atoms with Crippen LogP contribution in [0.3, 0.4) is 0 Å². The Labute approximate surface area is 131 Å². The molecule has 114 valence electrons. The average molecular weight is 306 g/mol. The van der Waals surface area contributed by atoms with Gasteiger partial charge in [-0.15, -0.1) is 0 Å². The van der Waals surface area contributed by atoms with E-state index in [4.69, 9.17) is 0 Å². The quantitative estimate of drug-likeness (QED) is 0.593. The van der Waals surface area contributed by atoms with Crippen molar-refractivity contribution in [3.8, 4) is 0 Å². The van der Waals surface area contributed by atoms with Gasteiger partial charge in [0, 0.05) is 24.3 Å². The van der Waals surface area contributed by atoms with Crippen LogP contribution in [-0.4, -0.2) is 24.5 Å². The molecule has 23 heavy (non-hydrogen) atoms. The molecule has 2 N–H and O–H groups in total. The number of aromatic amines is 1. The van der Waals surface area contributed by atoms with Gasteiger partial charge >= 0.3 is 5.69 Å². The van der Waals surface area contributed by atoms with Gasteiger partial charge in [-0.1, -0.05) is 6.07 Å². The molecule has 0 amide bonds. The summed E-state index contributed by atoms with van der Waals surface area (Å²) in [6, 6.07) is 7.93. The van der Waals surface area contributed by atoms with Crippen LogP contribution in [0, 0.1) is 6.92 Å². The number of nitrogens with one attached hydrogen (secondary N) is 2. The highest BCUT2D eigenvalue weighted by molar-refractivity contribution is 5.85. The second-order valence-electron chi connectivity index (χ2n) is 5.40. The summed E-state index contributed by atoms with van der Waals surface area (Å²) in [5, 5.41) is 4.24. The topological polar surface area (TPSA) is 88.5 Å². The lowest BCUT2D eigenvalue weighted by Gasteiger charge is -2.09. The van der Waals surface area contributed by atoms with Gasteiger partial charge in [0.15, 0.2) is 5.65 Å². The van der Waals surface area contributed by atoms with E-state index in [1.807, 2.05) is 31.2 Å². The van der Waals surface area contributed by atoms with Gasteiger partial charge in [-0.2, -0.15) is 4.98 Å². The Morgan fingerprint density at radius 2 is 2.13 bits per heavy atom. The van der Waals surface area contributed by atoms with Gasteiger partial charge in [-0.3, -0.25) is 14.5 Å². The number of imidazole rings is 1. The molecule has 7 heteroatoms. The zero-order valence-corrected chi connectivity index (χ0v) is 12.7. The lowest BCUT2D eigenvalue weighted by atomic mass is 10.1. The fourth-order valence-corrected chi connectivity index (χ4v) is 2.55. The number of hydrogen-bond acceptors (Lipinski definition) is 5. The number of aromatic nitrogens is 5. The molecule has 0 aliphatic heterocycles. The highest BCUT2D eigenvalue weighted by Gasteiger charge is 2.08. The Morgan fingerprint density at radius 3 is 3.00 bits per heavy atom. The smallest absolute Gasteiger partial charge is 0.324 e. The average Bonchev–Trinajstić information content (AvgIpc) is 2.82. The van der Waals surface area contributed by atoms with Crippen LogP contribution in [0.1, 0.15) is 5.56 Å². The second kappa shape index (κ2) is 4.91. The fraction of sp³-hybridized carbons (Fsp3) is 0.125. The predicted molar refractivity (Wildman–Crippen MR) is 88.9 cm³/mol. The van der Waals surface area contributed by atoms with Gasteiger partial charge in [-0.05, 0) is 30.7 Å². The molecule has 0 saturated carbocycles. The maximum atomic E-state index is 11.6. The molecule has 0 bridgehead atoms. The number of fused-ring (bicyclic) bond motifs is 2. The fourth-order valence-electron chi connectivity index (χ4n) is 2.55. The molecule has 0 radical (unpaired) electrons. The standard InChI is InChI=1S/C16H14N6O/c1-9-6-12-10(4-3-5-17-12)7-11(9)19-15-18-8-13-14(20-15)21-16(23)22(13)2/h3-8H,1-2H3,(H2,18,19,20,21,23). The Morgan fingerprint density at radius 1 is 1.26 bits per heavy atom. The van der Waals surface area contributed by atoms with Gasteiger partial charge in [-0.25, -0.2) is 9.78 Å². The molecule has 0 spiro atoms. The molecule has 0 saturated heterocycles. The van der Waals surface area contributed by atoms with E-state index < -0.39 is 0 Å². The maximum Gasteiger partial charge on any atom is 0.327 e. The predicted octanol–water partition coefficient (Wildman–Crippen LogP) is 2.26. The SMILES string of the molecule is Cc1cc2ncccc2cc1Nc1ncc2c(n1)[nH]c(=O)n2C. The zero-order valence-electron chi connectivity index (χ0n) is 12.7. The van der Waals surface area contributed by atoms with Crippen LogP contribution in [0.5, 0.6) is 0 Å². The largest absolute Gasteiger partial charge is 0.327 e. The number of benzene rings is 1. The second-order valence-corrected chi connectivity index (χ2v) is 5.40. The highest BCUT2D eigenvalue weighted by atomic mass is 16.1. The number of hydrogen-bond donors (Lipinski definition) is 2. The Hall–Kier alpha value is -3.22. The van der Waals surface area contributed by atoms with Crippen molar-refractivity contribution in [2.24, 2.45) is 7.05 Å². The van der Waals surface area contributed by atoms with E-state index in [0.29, 0.717) is 17.1 Å². The van der Waals surface area contributed by atoms with Crippen LogP contribution in [-0.2, 0) is 7.05 Å². The summed E-state index contributed by atoms with van der Waals surface area (Å²) in [6.07, 6.45) is 3.40. The first kappa shape index (κ1) is 13.4. The zero-order chi connectivity index (χ0) is 16.0. The summed E-state index contributed by atoms with van der Waals surface area (Å²) < 4.78 is 1.48. The van der Waals surface area contributed by atoms with Crippen molar-refractivity contribution in [1.82, 2.24) is 24.5 Å². The molecule has 0 aliphatic rings. The number of rotatable bonds is 2. The summed E-state index contributed by atoms with van der Waals surface area (Å²) in [6.45, 7) is 2.00. The molecule has 3 heterocycles. The lowest BCUT2D eigenvalue weighted by molar-refractivity contribution is 0.890. The molecule has 1 aromatic carbocycles. The molecule has 3 aromatic heterocycles. The summed E-state index contributed by atoms with van der Waals surface area (Å²) in [5.74, 6) is 0.436. The Kier molecular flexibility index (Phi) is 2.87. The summed E-state index contributed by atoms with van der Waals surface area (Å²) >= 11 is 0. The maximum absolute atomic E-state index is 11.6. The summed E-state index contributed by atoms with van der Waals surface area (Å²) in [4.78, 5) is 27.3. The van der Waals surface area contributed by atoms with Crippen molar-refractivity contribution in [2.75, 3.05) is 5.32 Å². The summed E-state index contributed by atoms with van der Waals surface area (Å²) in [5.41, 5.74) is 3.86. The monoisotopic (exact) mass is 306 g/mol.